The molecule has 0 unspecified atom stereocenters. The standard InChI is InChI=1S/C20H14Cl2N2O3S/c1-2-26-17-5-3-4-11-8-13(19(25)27-18(11)17)16-10-28-20(24-16)23-15-7-6-12(21)9-14(15)22/h3-10H,2H2,1H3,(H,23,24). The van der Waals surface area contributed by atoms with Gasteiger partial charge >= 0.3 is 5.63 Å². The number of rotatable bonds is 5. The van der Waals surface area contributed by atoms with E-state index in [9.17, 15) is 4.79 Å². The van der Waals surface area contributed by atoms with E-state index in [1.165, 1.54) is 11.3 Å². The van der Waals surface area contributed by atoms with Crippen molar-refractivity contribution in [2.24, 2.45) is 0 Å². The van der Waals surface area contributed by atoms with Crippen molar-refractivity contribution in [1.82, 2.24) is 4.98 Å². The Balaban J connectivity index is 1.69. The third kappa shape index (κ3) is 3.71. The lowest BCUT2D eigenvalue weighted by atomic mass is 10.1. The van der Waals surface area contributed by atoms with Crippen LogP contribution in [-0.2, 0) is 0 Å². The largest absolute Gasteiger partial charge is 0.490 e. The second kappa shape index (κ2) is 7.83. The predicted octanol–water partition coefficient (Wildman–Crippen LogP) is 6.37. The highest BCUT2D eigenvalue weighted by Crippen LogP contribution is 2.32. The van der Waals surface area contributed by atoms with Crippen molar-refractivity contribution in [3.05, 3.63) is 68.3 Å². The van der Waals surface area contributed by atoms with E-state index in [-0.39, 0.29) is 0 Å². The summed E-state index contributed by atoms with van der Waals surface area (Å²) in [6.45, 7) is 2.36. The molecule has 0 fully saturated rings. The van der Waals surface area contributed by atoms with Crippen molar-refractivity contribution < 1.29 is 9.15 Å². The Labute approximate surface area is 174 Å². The van der Waals surface area contributed by atoms with Crippen LogP contribution < -0.4 is 15.7 Å². The first-order chi connectivity index (χ1) is 13.5. The predicted molar refractivity (Wildman–Crippen MR) is 115 cm³/mol. The summed E-state index contributed by atoms with van der Waals surface area (Å²) in [4.78, 5) is 17.0. The van der Waals surface area contributed by atoms with Crippen molar-refractivity contribution in [3.63, 3.8) is 0 Å². The molecule has 2 aromatic carbocycles. The maximum atomic E-state index is 12.5. The van der Waals surface area contributed by atoms with E-state index in [0.29, 0.717) is 50.1 Å². The summed E-state index contributed by atoms with van der Waals surface area (Å²) in [6.07, 6.45) is 0. The number of nitrogens with zero attached hydrogens (tertiary/aromatic N) is 1. The molecule has 142 valence electrons. The second-order valence-corrected chi connectivity index (χ2v) is 7.54. The maximum absolute atomic E-state index is 12.5. The Kier molecular flexibility index (Phi) is 5.26. The molecule has 28 heavy (non-hydrogen) atoms. The Hall–Kier alpha value is -2.54. The maximum Gasteiger partial charge on any atom is 0.345 e. The normalized spacial score (nSPS) is 11.0. The lowest BCUT2D eigenvalue weighted by molar-refractivity contribution is 0.337. The van der Waals surface area contributed by atoms with Crippen molar-refractivity contribution in [3.8, 4) is 17.0 Å². The minimum absolute atomic E-state index is 0.382. The minimum Gasteiger partial charge on any atom is -0.490 e. The smallest absolute Gasteiger partial charge is 0.345 e. The molecule has 0 bridgehead atoms. The van der Waals surface area contributed by atoms with Gasteiger partial charge in [-0.25, -0.2) is 9.78 Å². The molecule has 0 amide bonds. The van der Waals surface area contributed by atoms with Gasteiger partial charge in [0.05, 0.1) is 28.6 Å². The third-order valence-corrected chi connectivity index (χ3v) is 5.28. The topological polar surface area (TPSA) is 64.4 Å². The Bertz CT molecular complexity index is 1220. The molecule has 2 heterocycles. The fraction of sp³-hybridized carbons (Fsp3) is 0.100. The Morgan fingerprint density at radius 1 is 1.21 bits per heavy atom. The molecule has 0 saturated heterocycles. The van der Waals surface area contributed by atoms with Crippen LogP contribution >= 0.6 is 34.5 Å². The summed E-state index contributed by atoms with van der Waals surface area (Å²) in [5.74, 6) is 0.543. The number of hydrogen-bond donors (Lipinski definition) is 1. The molecular weight excluding hydrogens is 419 g/mol. The van der Waals surface area contributed by atoms with Crippen molar-refractivity contribution in [2.75, 3.05) is 11.9 Å². The van der Waals surface area contributed by atoms with E-state index >= 15 is 0 Å². The number of halogens is 2. The average molecular weight is 433 g/mol. The summed E-state index contributed by atoms with van der Waals surface area (Å²) >= 11 is 13.5. The lowest BCUT2D eigenvalue weighted by Crippen LogP contribution is -2.04. The van der Waals surface area contributed by atoms with Gasteiger partial charge in [0.1, 0.15) is 0 Å². The first kappa shape index (κ1) is 18.8. The van der Waals surface area contributed by atoms with Gasteiger partial charge in [0.2, 0.25) is 0 Å². The summed E-state index contributed by atoms with van der Waals surface area (Å²) in [7, 11) is 0. The first-order valence-electron chi connectivity index (χ1n) is 8.43. The molecule has 5 nitrogen and oxygen atoms in total. The molecule has 0 aliphatic carbocycles. The van der Waals surface area contributed by atoms with Gasteiger partial charge in [0, 0.05) is 15.8 Å². The van der Waals surface area contributed by atoms with Gasteiger partial charge in [-0.05, 0) is 37.3 Å². The molecule has 8 heteroatoms. The van der Waals surface area contributed by atoms with Gasteiger partial charge in [0.15, 0.2) is 16.5 Å². The van der Waals surface area contributed by atoms with Crippen LogP contribution in [0.4, 0.5) is 10.8 Å². The number of ether oxygens (including phenoxy) is 1. The van der Waals surface area contributed by atoms with Crippen LogP contribution in [0.3, 0.4) is 0 Å². The van der Waals surface area contributed by atoms with Crippen LogP contribution in [0.5, 0.6) is 5.75 Å². The number of fused-ring (bicyclic) bond motifs is 1. The molecular formula is C20H14Cl2N2O3S. The van der Waals surface area contributed by atoms with Crippen molar-refractivity contribution in [1.29, 1.82) is 0 Å². The van der Waals surface area contributed by atoms with Crippen LogP contribution in [-0.4, -0.2) is 11.6 Å². The highest BCUT2D eigenvalue weighted by Gasteiger charge is 2.14. The summed E-state index contributed by atoms with van der Waals surface area (Å²) in [5, 5.41) is 7.33. The molecule has 0 aliphatic heterocycles. The number of nitrogens with one attached hydrogen (secondary N) is 1. The van der Waals surface area contributed by atoms with E-state index in [4.69, 9.17) is 32.4 Å². The van der Waals surface area contributed by atoms with Crippen LogP contribution in [0.1, 0.15) is 6.92 Å². The van der Waals surface area contributed by atoms with Gasteiger partial charge in [0.25, 0.3) is 0 Å². The highest BCUT2D eigenvalue weighted by atomic mass is 35.5. The average Bonchev–Trinajstić information content (AvgIpc) is 3.13. The SMILES string of the molecule is CCOc1cccc2cc(-c3csc(Nc4ccc(Cl)cc4Cl)n3)c(=O)oc12. The molecule has 0 spiro atoms. The zero-order valence-electron chi connectivity index (χ0n) is 14.7. The van der Waals surface area contributed by atoms with Gasteiger partial charge in [-0.1, -0.05) is 35.3 Å². The van der Waals surface area contributed by atoms with Crippen LogP contribution in [0.2, 0.25) is 10.0 Å². The monoisotopic (exact) mass is 432 g/mol. The summed E-state index contributed by atoms with van der Waals surface area (Å²) < 4.78 is 11.1. The number of thiazole rings is 1. The number of anilines is 2. The van der Waals surface area contributed by atoms with Crippen LogP contribution in [0.15, 0.2) is 57.1 Å². The lowest BCUT2D eigenvalue weighted by Gasteiger charge is -2.06. The minimum atomic E-state index is -0.471. The Morgan fingerprint density at radius 2 is 2.07 bits per heavy atom. The quantitative estimate of drug-likeness (QED) is 0.371. The third-order valence-electron chi connectivity index (χ3n) is 3.98. The van der Waals surface area contributed by atoms with Crippen LogP contribution in [0.25, 0.3) is 22.2 Å². The number of aromatic nitrogens is 1. The Morgan fingerprint density at radius 3 is 2.86 bits per heavy atom. The van der Waals surface area contributed by atoms with Crippen LogP contribution in [0, 0.1) is 0 Å². The highest BCUT2D eigenvalue weighted by molar-refractivity contribution is 7.14. The molecule has 0 aliphatic rings. The van der Waals surface area contributed by atoms with E-state index < -0.39 is 5.63 Å². The zero-order valence-corrected chi connectivity index (χ0v) is 17.0. The summed E-state index contributed by atoms with van der Waals surface area (Å²) in [6, 6.07) is 12.4. The molecule has 0 saturated carbocycles. The molecule has 4 aromatic rings. The first-order valence-corrected chi connectivity index (χ1v) is 10.1. The number of hydrogen-bond acceptors (Lipinski definition) is 6. The molecule has 2 aromatic heterocycles. The number of benzene rings is 2. The van der Waals surface area contributed by atoms with E-state index in [2.05, 4.69) is 10.3 Å². The molecule has 1 N–H and O–H groups in total. The van der Waals surface area contributed by atoms with Gasteiger partial charge in [-0.15, -0.1) is 11.3 Å². The molecule has 0 atom stereocenters. The number of para-hydroxylation sites is 1. The van der Waals surface area contributed by atoms with Crippen molar-refractivity contribution in [2.45, 2.75) is 6.92 Å². The van der Waals surface area contributed by atoms with E-state index in [1.807, 2.05) is 19.1 Å². The van der Waals surface area contributed by atoms with E-state index in [0.717, 1.165) is 5.39 Å². The van der Waals surface area contributed by atoms with Crippen molar-refractivity contribution >= 4 is 56.3 Å². The van der Waals surface area contributed by atoms with Gasteiger partial charge in [-0.3, -0.25) is 0 Å². The fourth-order valence-electron chi connectivity index (χ4n) is 2.73. The zero-order chi connectivity index (χ0) is 19.7. The summed E-state index contributed by atoms with van der Waals surface area (Å²) in [5.41, 5.74) is 1.54. The molecule has 0 radical (unpaired) electrons. The second-order valence-electron chi connectivity index (χ2n) is 5.84. The van der Waals surface area contributed by atoms with E-state index in [1.54, 1.807) is 35.7 Å². The van der Waals surface area contributed by atoms with Gasteiger partial charge in [-0.2, -0.15) is 0 Å². The van der Waals surface area contributed by atoms with Gasteiger partial charge < -0.3 is 14.5 Å². The fourth-order valence-corrected chi connectivity index (χ4v) is 3.90. The molecule has 4 rings (SSSR count).